The molecule has 1 aliphatic heterocycles. The number of aromatic nitrogens is 4. The van der Waals surface area contributed by atoms with Crippen molar-refractivity contribution in [3.05, 3.63) is 60.7 Å². The molecule has 1 amide bonds. The number of amides is 1. The summed E-state index contributed by atoms with van der Waals surface area (Å²) in [5, 5.41) is 10.7. The Morgan fingerprint density at radius 3 is 2.67 bits per heavy atom. The number of carbonyl (C=O) groups excluding carboxylic acids is 1. The Bertz CT molecular complexity index is 1330. The summed E-state index contributed by atoms with van der Waals surface area (Å²) in [5.41, 5.74) is 4.67. The first-order chi connectivity index (χ1) is 16.1. The summed E-state index contributed by atoms with van der Waals surface area (Å²) in [7, 11) is -1.22. The molecule has 0 aliphatic carbocycles. The molecule has 9 nitrogen and oxygen atoms in total. The highest BCUT2D eigenvalue weighted by atomic mass is 32.2. The monoisotopic (exact) mass is 461 g/mol. The minimum atomic E-state index is -1.22. The van der Waals surface area contributed by atoms with E-state index in [1.54, 1.807) is 12.1 Å². The van der Waals surface area contributed by atoms with Crippen LogP contribution in [-0.4, -0.2) is 49.6 Å². The maximum absolute atomic E-state index is 12.9. The van der Waals surface area contributed by atoms with Crippen molar-refractivity contribution in [2.24, 2.45) is 0 Å². The molecule has 4 aromatic rings. The molecule has 0 bridgehead atoms. The lowest BCUT2D eigenvalue weighted by atomic mass is 10.0. The first-order valence-electron chi connectivity index (χ1n) is 10.6. The highest BCUT2D eigenvalue weighted by Gasteiger charge is 2.17. The van der Waals surface area contributed by atoms with Crippen molar-refractivity contribution in [1.82, 2.24) is 20.2 Å². The molecule has 1 aliphatic rings. The Balaban J connectivity index is 1.40. The number of benzene rings is 1. The van der Waals surface area contributed by atoms with Gasteiger partial charge in [0, 0.05) is 36.5 Å². The van der Waals surface area contributed by atoms with Gasteiger partial charge in [0.2, 0.25) is 0 Å². The van der Waals surface area contributed by atoms with Crippen LogP contribution in [0.25, 0.3) is 22.0 Å². The van der Waals surface area contributed by atoms with E-state index in [-0.39, 0.29) is 5.91 Å². The van der Waals surface area contributed by atoms with Gasteiger partial charge in [-0.3, -0.25) is 19.6 Å². The fourth-order valence-electron chi connectivity index (χ4n) is 3.97. The van der Waals surface area contributed by atoms with E-state index < -0.39 is 11.0 Å². The first kappa shape index (κ1) is 21.1. The van der Waals surface area contributed by atoms with Crippen LogP contribution >= 0.6 is 0 Å². The van der Waals surface area contributed by atoms with Crippen molar-refractivity contribution in [2.75, 3.05) is 34.3 Å². The van der Waals surface area contributed by atoms with E-state index in [1.165, 1.54) is 25.3 Å². The zero-order valence-corrected chi connectivity index (χ0v) is 18.9. The quantitative estimate of drug-likeness (QED) is 0.404. The Morgan fingerprint density at radius 1 is 1.06 bits per heavy atom. The number of nitrogens with one attached hydrogen (secondary N) is 3. The lowest BCUT2D eigenvalue weighted by Gasteiger charge is -2.17. The molecule has 4 heterocycles. The number of hydrogen-bond acceptors (Lipinski definition) is 6. The van der Waals surface area contributed by atoms with Crippen LogP contribution in [0.3, 0.4) is 0 Å². The number of anilines is 3. The molecule has 1 fully saturated rings. The lowest BCUT2D eigenvalue weighted by Crippen LogP contribution is -2.17. The van der Waals surface area contributed by atoms with Gasteiger partial charge >= 0.3 is 0 Å². The zero-order valence-electron chi connectivity index (χ0n) is 18.0. The fraction of sp³-hybridized carbons (Fsp3) is 0.217. The van der Waals surface area contributed by atoms with Crippen molar-refractivity contribution in [1.29, 1.82) is 0 Å². The van der Waals surface area contributed by atoms with Gasteiger partial charge in [0.1, 0.15) is 16.8 Å². The molecule has 1 atom stereocenters. The zero-order chi connectivity index (χ0) is 22.8. The van der Waals surface area contributed by atoms with Gasteiger partial charge in [0.05, 0.1) is 29.3 Å². The molecule has 10 heteroatoms. The third kappa shape index (κ3) is 4.56. The van der Waals surface area contributed by atoms with Crippen LogP contribution in [0, 0.1) is 0 Å². The van der Waals surface area contributed by atoms with Gasteiger partial charge in [0.15, 0.2) is 5.69 Å². The smallest absolute Gasteiger partial charge is 0.276 e. The summed E-state index contributed by atoms with van der Waals surface area (Å²) in [4.78, 5) is 23.9. The fourth-order valence-corrected chi connectivity index (χ4v) is 4.38. The average Bonchev–Trinajstić information content (AvgIpc) is 3.50. The van der Waals surface area contributed by atoms with E-state index in [2.05, 4.69) is 41.2 Å². The maximum Gasteiger partial charge on any atom is 0.276 e. The van der Waals surface area contributed by atoms with Crippen LogP contribution in [0.1, 0.15) is 23.3 Å². The second kappa shape index (κ2) is 8.99. The number of nitrogens with zero attached hydrogens (tertiary/aromatic N) is 4. The molecule has 5 rings (SSSR count). The van der Waals surface area contributed by atoms with Crippen molar-refractivity contribution >= 4 is 45.0 Å². The summed E-state index contributed by atoms with van der Waals surface area (Å²) in [6.07, 6.45) is 9.17. The summed E-state index contributed by atoms with van der Waals surface area (Å²) in [6, 6.07) is 11.4. The van der Waals surface area contributed by atoms with Gasteiger partial charge < -0.3 is 10.2 Å². The molecule has 0 spiro atoms. The third-order valence-electron chi connectivity index (χ3n) is 5.58. The highest BCUT2D eigenvalue weighted by molar-refractivity contribution is 7.85. The third-order valence-corrected chi connectivity index (χ3v) is 6.07. The predicted molar refractivity (Wildman–Crippen MR) is 131 cm³/mol. The van der Waals surface area contributed by atoms with E-state index in [1.807, 2.05) is 30.6 Å². The van der Waals surface area contributed by atoms with Crippen LogP contribution < -0.4 is 14.9 Å². The summed E-state index contributed by atoms with van der Waals surface area (Å²) >= 11 is 0. The molecule has 1 saturated heterocycles. The number of aromatic amines is 1. The Hall–Kier alpha value is -3.79. The van der Waals surface area contributed by atoms with Crippen molar-refractivity contribution in [2.45, 2.75) is 12.8 Å². The van der Waals surface area contributed by atoms with Crippen molar-refractivity contribution < 1.29 is 9.00 Å². The molecule has 33 heavy (non-hydrogen) atoms. The largest absolute Gasteiger partial charge is 0.370 e. The molecule has 3 N–H and O–H groups in total. The predicted octanol–water partition coefficient (Wildman–Crippen LogP) is 3.58. The number of pyridine rings is 2. The Morgan fingerprint density at radius 2 is 1.91 bits per heavy atom. The van der Waals surface area contributed by atoms with E-state index in [0.717, 1.165) is 40.8 Å². The number of H-pyrrole nitrogens is 1. The molecular weight excluding hydrogens is 438 g/mol. The van der Waals surface area contributed by atoms with Crippen LogP contribution in [0.2, 0.25) is 0 Å². The van der Waals surface area contributed by atoms with E-state index in [0.29, 0.717) is 17.2 Å². The van der Waals surface area contributed by atoms with Gasteiger partial charge in [0.25, 0.3) is 5.91 Å². The number of hydrogen-bond donors (Lipinski definition) is 3. The minimum absolute atomic E-state index is 0.298. The first-order valence-corrected chi connectivity index (χ1v) is 12.2. The van der Waals surface area contributed by atoms with E-state index in [9.17, 15) is 9.00 Å². The van der Waals surface area contributed by atoms with Gasteiger partial charge in [-0.15, -0.1) is 0 Å². The second-order valence-corrected chi connectivity index (χ2v) is 9.01. The van der Waals surface area contributed by atoms with Crippen LogP contribution in [0.15, 0.2) is 55.0 Å². The molecular formula is C23H23N7O2S. The normalized spacial score (nSPS) is 14.4. The van der Waals surface area contributed by atoms with E-state index >= 15 is 0 Å². The number of carbonyl (C=O) groups is 1. The molecule has 3 aromatic heterocycles. The lowest BCUT2D eigenvalue weighted by molar-refractivity contribution is 0.102. The molecule has 1 unspecified atom stereocenters. The van der Waals surface area contributed by atoms with Crippen molar-refractivity contribution in [3.63, 3.8) is 0 Å². The Kier molecular flexibility index (Phi) is 5.74. The van der Waals surface area contributed by atoms with Crippen LogP contribution in [0.4, 0.5) is 17.2 Å². The van der Waals surface area contributed by atoms with Crippen LogP contribution in [-0.2, 0) is 11.0 Å². The van der Waals surface area contributed by atoms with E-state index in [4.69, 9.17) is 0 Å². The topological polar surface area (TPSA) is 116 Å². The molecule has 1 aromatic carbocycles. The molecule has 0 radical (unpaired) electrons. The van der Waals surface area contributed by atoms with Gasteiger partial charge in [-0.2, -0.15) is 5.10 Å². The summed E-state index contributed by atoms with van der Waals surface area (Å²) in [5.74, 6) is 0.123. The molecule has 0 saturated carbocycles. The van der Waals surface area contributed by atoms with Gasteiger partial charge in [-0.25, -0.2) is 9.19 Å². The number of fused-ring (bicyclic) bond motifs is 1. The Labute approximate surface area is 193 Å². The van der Waals surface area contributed by atoms with Gasteiger partial charge in [-0.05, 0) is 48.7 Å². The van der Waals surface area contributed by atoms with Crippen molar-refractivity contribution in [3.8, 4) is 11.1 Å². The molecule has 168 valence electrons. The SMILES string of the molecule is CS(=O)Nc1ccc(NC(=O)c2n[nH]c3ccc(-c4cncc(N5CCCC5)c4)cc23)cn1. The number of rotatable bonds is 6. The summed E-state index contributed by atoms with van der Waals surface area (Å²) in [6.45, 7) is 2.11. The van der Waals surface area contributed by atoms with Crippen LogP contribution in [0.5, 0.6) is 0 Å². The highest BCUT2D eigenvalue weighted by Crippen LogP contribution is 2.29. The maximum atomic E-state index is 12.9. The standard InChI is InChI=1S/C23H23N7O2S/c1-33(32)29-21-7-5-17(13-25-21)26-23(31)22-19-11-15(4-6-20(19)27-28-22)16-10-18(14-24-12-16)30-8-2-3-9-30/h4-7,10-14H,2-3,8-9H2,1H3,(H,25,29)(H,26,31)(H,27,28). The second-order valence-electron chi connectivity index (χ2n) is 7.90. The minimum Gasteiger partial charge on any atom is -0.370 e. The summed E-state index contributed by atoms with van der Waals surface area (Å²) < 4.78 is 13.9. The average molecular weight is 462 g/mol. The van der Waals surface area contributed by atoms with Gasteiger partial charge in [-0.1, -0.05) is 6.07 Å².